The summed E-state index contributed by atoms with van der Waals surface area (Å²) in [6.07, 6.45) is 1.62. The highest BCUT2D eigenvalue weighted by Crippen LogP contribution is 2.25. The highest BCUT2D eigenvalue weighted by atomic mass is 32.2. The lowest BCUT2D eigenvalue weighted by molar-refractivity contribution is -0.113. The van der Waals surface area contributed by atoms with Gasteiger partial charge in [0.2, 0.25) is 5.91 Å². The van der Waals surface area contributed by atoms with Crippen molar-refractivity contribution in [2.75, 3.05) is 17.7 Å². The van der Waals surface area contributed by atoms with Crippen LogP contribution in [0.15, 0.2) is 59.9 Å². The zero-order valence-electron chi connectivity index (χ0n) is 15.5. The molecule has 0 unspecified atom stereocenters. The van der Waals surface area contributed by atoms with Crippen LogP contribution < -0.4 is 5.32 Å². The Bertz CT molecular complexity index is 1210. The van der Waals surface area contributed by atoms with Gasteiger partial charge < -0.3 is 10.1 Å². The van der Waals surface area contributed by atoms with Crippen molar-refractivity contribution in [3.05, 3.63) is 60.4 Å². The van der Waals surface area contributed by atoms with Crippen LogP contribution in [-0.2, 0) is 9.53 Å². The second-order valence-electron chi connectivity index (χ2n) is 6.03. The summed E-state index contributed by atoms with van der Waals surface area (Å²) >= 11 is 1.26. The quantitative estimate of drug-likeness (QED) is 0.387. The minimum absolute atomic E-state index is 0.102. The predicted molar refractivity (Wildman–Crippen MR) is 110 cm³/mol. The van der Waals surface area contributed by atoms with E-state index in [-0.39, 0.29) is 18.3 Å². The number of aromatic nitrogens is 4. The zero-order valence-corrected chi connectivity index (χ0v) is 16.3. The van der Waals surface area contributed by atoms with E-state index in [4.69, 9.17) is 4.74 Å². The smallest absolute Gasteiger partial charge is 0.340 e. The van der Waals surface area contributed by atoms with Gasteiger partial charge in [-0.1, -0.05) is 36.0 Å². The number of thioether (sulfide) groups is 1. The first-order chi connectivity index (χ1) is 14.2. The normalized spacial score (nSPS) is 10.9. The van der Waals surface area contributed by atoms with Crippen LogP contribution in [0.4, 0.5) is 5.69 Å². The second-order valence-corrected chi connectivity index (χ2v) is 7.00. The van der Waals surface area contributed by atoms with Crippen LogP contribution >= 0.6 is 11.8 Å². The van der Waals surface area contributed by atoms with Gasteiger partial charge in [0.1, 0.15) is 11.4 Å². The molecule has 0 radical (unpaired) electrons. The molecule has 0 aliphatic heterocycles. The van der Waals surface area contributed by atoms with Gasteiger partial charge in [0, 0.05) is 0 Å². The molecule has 1 amide bonds. The number of nitrogens with zero attached hydrogens (tertiary/aromatic N) is 4. The summed E-state index contributed by atoms with van der Waals surface area (Å²) in [6, 6.07) is 14.4. The van der Waals surface area contributed by atoms with Gasteiger partial charge in [-0.15, -0.1) is 10.2 Å². The van der Waals surface area contributed by atoms with Crippen molar-refractivity contribution in [3.63, 3.8) is 0 Å². The molecule has 4 rings (SSSR count). The number of hydrogen-bond acceptors (Lipinski definition) is 7. The molecule has 0 bridgehead atoms. The van der Waals surface area contributed by atoms with Gasteiger partial charge in [-0.2, -0.15) is 0 Å². The van der Waals surface area contributed by atoms with Crippen molar-refractivity contribution in [3.8, 4) is 0 Å². The number of fused-ring (bicyclic) bond motifs is 3. The van der Waals surface area contributed by atoms with E-state index < -0.39 is 5.97 Å². The Morgan fingerprint density at radius 1 is 1.14 bits per heavy atom. The molecule has 0 saturated heterocycles. The van der Waals surface area contributed by atoms with Crippen LogP contribution in [0.5, 0.6) is 0 Å². The van der Waals surface area contributed by atoms with Gasteiger partial charge in [-0.05, 0) is 31.2 Å². The van der Waals surface area contributed by atoms with E-state index >= 15 is 0 Å². The Labute approximate surface area is 170 Å². The van der Waals surface area contributed by atoms with Crippen molar-refractivity contribution in [1.82, 2.24) is 19.6 Å². The van der Waals surface area contributed by atoms with E-state index in [9.17, 15) is 9.59 Å². The van der Waals surface area contributed by atoms with Gasteiger partial charge in [-0.25, -0.2) is 9.78 Å². The van der Waals surface area contributed by atoms with Gasteiger partial charge in [0.15, 0.2) is 5.65 Å². The van der Waals surface area contributed by atoms with E-state index in [0.717, 1.165) is 11.0 Å². The highest BCUT2D eigenvalue weighted by molar-refractivity contribution is 8.00. The fourth-order valence-corrected chi connectivity index (χ4v) is 3.65. The van der Waals surface area contributed by atoms with Crippen molar-refractivity contribution in [1.29, 1.82) is 0 Å². The van der Waals surface area contributed by atoms with Gasteiger partial charge in [0.05, 0.1) is 34.6 Å². The molecule has 4 aromatic rings. The number of carbonyl (C=O) groups excluding carboxylic acids is 2. The Morgan fingerprint density at radius 2 is 1.93 bits per heavy atom. The lowest BCUT2D eigenvalue weighted by Gasteiger charge is -2.10. The number of anilines is 1. The van der Waals surface area contributed by atoms with E-state index in [0.29, 0.717) is 21.9 Å². The van der Waals surface area contributed by atoms with Crippen LogP contribution in [0.25, 0.3) is 16.7 Å². The topological polar surface area (TPSA) is 98.5 Å². The number of esters is 1. The third-order valence-electron chi connectivity index (χ3n) is 4.14. The molecular formula is C20H17N5O3S. The standard InChI is InChI=1S/C20H17N5O3S/c1-2-28-20(27)13-7-3-4-8-14(13)22-17(26)11-29-19-18-24-21-12-25(18)16-10-6-5-9-15(16)23-19/h3-10,12H,2,11H2,1H3,(H,22,26). The van der Waals surface area contributed by atoms with Crippen LogP contribution in [0.2, 0.25) is 0 Å². The lowest BCUT2D eigenvalue weighted by atomic mass is 10.2. The molecule has 0 aliphatic carbocycles. The maximum absolute atomic E-state index is 12.5. The minimum atomic E-state index is -0.475. The molecule has 0 atom stereocenters. The van der Waals surface area contributed by atoms with Crippen molar-refractivity contribution in [2.24, 2.45) is 0 Å². The maximum Gasteiger partial charge on any atom is 0.340 e. The van der Waals surface area contributed by atoms with Crippen molar-refractivity contribution >= 4 is 46.0 Å². The van der Waals surface area contributed by atoms with E-state index in [2.05, 4.69) is 20.5 Å². The first-order valence-electron chi connectivity index (χ1n) is 8.94. The fourth-order valence-electron chi connectivity index (χ4n) is 2.87. The molecule has 0 spiro atoms. The molecule has 29 heavy (non-hydrogen) atoms. The molecule has 2 aromatic heterocycles. The first kappa shape index (κ1) is 18.9. The maximum atomic E-state index is 12.5. The van der Waals surface area contributed by atoms with E-state index in [1.165, 1.54) is 11.8 Å². The first-order valence-corrected chi connectivity index (χ1v) is 9.93. The zero-order chi connectivity index (χ0) is 20.2. The number of rotatable bonds is 6. The molecule has 146 valence electrons. The number of ether oxygens (including phenoxy) is 1. The Morgan fingerprint density at radius 3 is 2.79 bits per heavy atom. The average molecular weight is 407 g/mol. The molecule has 9 heteroatoms. The SMILES string of the molecule is CCOC(=O)c1ccccc1NC(=O)CSc1nc2ccccc2n2cnnc12. The van der Waals surface area contributed by atoms with Gasteiger partial charge in [0.25, 0.3) is 0 Å². The summed E-state index contributed by atoms with van der Waals surface area (Å²) in [7, 11) is 0. The number of amides is 1. The summed E-state index contributed by atoms with van der Waals surface area (Å²) in [5, 5.41) is 11.5. The number of nitrogens with one attached hydrogen (secondary N) is 1. The number of hydrogen-bond donors (Lipinski definition) is 1. The molecule has 2 aromatic carbocycles. The molecule has 2 heterocycles. The van der Waals surface area contributed by atoms with Gasteiger partial charge in [-0.3, -0.25) is 9.20 Å². The molecule has 1 N–H and O–H groups in total. The molecule has 0 aliphatic rings. The highest BCUT2D eigenvalue weighted by Gasteiger charge is 2.16. The number of carbonyl (C=O) groups is 2. The third-order valence-corrected chi connectivity index (χ3v) is 5.09. The van der Waals surface area contributed by atoms with Crippen LogP contribution in [0, 0.1) is 0 Å². The van der Waals surface area contributed by atoms with Crippen LogP contribution in [0.3, 0.4) is 0 Å². The average Bonchev–Trinajstić information content (AvgIpc) is 3.23. The van der Waals surface area contributed by atoms with Gasteiger partial charge >= 0.3 is 5.97 Å². The Balaban J connectivity index is 1.52. The van der Waals surface area contributed by atoms with Crippen molar-refractivity contribution < 1.29 is 14.3 Å². The Hall–Kier alpha value is -3.46. The van der Waals surface area contributed by atoms with E-state index in [1.54, 1.807) is 37.5 Å². The summed E-state index contributed by atoms with van der Waals surface area (Å²) in [6.45, 7) is 2.00. The van der Waals surface area contributed by atoms with E-state index in [1.807, 2.05) is 28.7 Å². The van der Waals surface area contributed by atoms with Crippen LogP contribution in [-0.4, -0.2) is 43.8 Å². The minimum Gasteiger partial charge on any atom is -0.462 e. The largest absolute Gasteiger partial charge is 0.462 e. The summed E-state index contributed by atoms with van der Waals surface area (Å²) in [5.41, 5.74) is 3.00. The lowest BCUT2D eigenvalue weighted by Crippen LogP contribution is -2.17. The number of benzene rings is 2. The molecule has 0 fully saturated rings. The summed E-state index contributed by atoms with van der Waals surface area (Å²) < 4.78 is 6.88. The second kappa shape index (κ2) is 8.27. The van der Waals surface area contributed by atoms with Crippen LogP contribution in [0.1, 0.15) is 17.3 Å². The monoisotopic (exact) mass is 407 g/mol. The predicted octanol–water partition coefficient (Wildman–Crippen LogP) is 3.19. The third kappa shape index (κ3) is 3.90. The molecule has 8 nitrogen and oxygen atoms in total. The summed E-state index contributed by atoms with van der Waals surface area (Å²) in [4.78, 5) is 29.2. The van der Waals surface area contributed by atoms with Crippen molar-refractivity contribution in [2.45, 2.75) is 11.9 Å². The molecule has 0 saturated carbocycles. The number of para-hydroxylation sites is 3. The Kier molecular flexibility index (Phi) is 5.39. The summed E-state index contributed by atoms with van der Waals surface area (Å²) in [5.74, 6) is -0.637. The molecular weight excluding hydrogens is 390 g/mol. The fraction of sp³-hybridized carbons (Fsp3) is 0.150.